The molecule has 1 N–H and O–H groups in total. The van der Waals surface area contributed by atoms with E-state index in [9.17, 15) is 25.0 Å². The SMILES string of the molecule is CC(=O)OC[C@H]1O[C@@](O)([Si](C)(C)C(C)(C)C)[C@@H](N=[N+]=[N-])[C@@H](OC(C)=O)[C@@H]1OC(C)=O. The maximum atomic E-state index is 11.8. The summed E-state index contributed by atoms with van der Waals surface area (Å²) in [6, 6.07) is -1.40. The Balaban J connectivity index is 3.69. The topological polar surface area (TPSA) is 157 Å². The zero-order chi connectivity index (χ0) is 23.5. The van der Waals surface area contributed by atoms with E-state index >= 15 is 0 Å². The molecule has 0 radical (unpaired) electrons. The van der Waals surface area contributed by atoms with E-state index in [1.807, 2.05) is 33.9 Å². The molecule has 1 fully saturated rings. The second kappa shape index (κ2) is 9.34. The van der Waals surface area contributed by atoms with E-state index in [0.29, 0.717) is 0 Å². The van der Waals surface area contributed by atoms with Gasteiger partial charge in [-0.25, -0.2) is 0 Å². The minimum Gasteiger partial charge on any atom is -0.463 e. The quantitative estimate of drug-likeness (QED) is 0.163. The molecule has 170 valence electrons. The van der Waals surface area contributed by atoms with Gasteiger partial charge in [-0.15, -0.1) is 0 Å². The van der Waals surface area contributed by atoms with Crippen molar-refractivity contribution < 1.29 is 38.4 Å². The normalized spacial score (nSPS) is 29.4. The van der Waals surface area contributed by atoms with Crippen LogP contribution in [0.3, 0.4) is 0 Å². The number of rotatable bonds is 6. The number of hydrogen-bond donors (Lipinski definition) is 1. The van der Waals surface area contributed by atoms with Crippen LogP contribution in [0.15, 0.2) is 5.11 Å². The Hall–Kier alpha value is -2.14. The minimum atomic E-state index is -2.89. The van der Waals surface area contributed by atoms with Crippen molar-refractivity contribution in [3.63, 3.8) is 0 Å². The number of nitrogens with zero attached hydrogens (tertiary/aromatic N) is 3. The van der Waals surface area contributed by atoms with Crippen LogP contribution in [0, 0.1) is 0 Å². The van der Waals surface area contributed by atoms with Crippen molar-refractivity contribution in [2.45, 2.75) is 89.4 Å². The number of azide groups is 1. The maximum absolute atomic E-state index is 11.8. The molecule has 12 heteroatoms. The second-order valence-corrected chi connectivity index (χ2v) is 14.3. The summed E-state index contributed by atoms with van der Waals surface area (Å²) in [5, 5.41) is 15.0. The molecule has 0 aromatic heterocycles. The standard InChI is InChI=1S/C18H31N3O8Si/c1-10(22)26-9-13-14(27-11(2)23)15(28-12(3)24)16(20-21-19)18(25,29-13)30(7,8)17(4,5)6/h13-16,25H,9H2,1-8H3/t13-,14-,15+,16+,18-/m1/s1. The van der Waals surface area contributed by atoms with Crippen LogP contribution in [0.5, 0.6) is 0 Å². The third-order valence-corrected chi connectivity index (χ3v) is 11.7. The van der Waals surface area contributed by atoms with Crippen LogP contribution in [0.1, 0.15) is 41.5 Å². The van der Waals surface area contributed by atoms with E-state index in [1.165, 1.54) is 6.92 Å². The van der Waals surface area contributed by atoms with Crippen molar-refractivity contribution in [3.05, 3.63) is 10.4 Å². The second-order valence-electron chi connectivity index (χ2n) is 8.83. The highest BCUT2D eigenvalue weighted by Gasteiger charge is 2.66. The average Bonchev–Trinajstić information content (AvgIpc) is 2.57. The zero-order valence-corrected chi connectivity index (χ0v) is 19.7. The Bertz CT molecular complexity index is 731. The molecule has 1 saturated heterocycles. The van der Waals surface area contributed by atoms with Crippen LogP contribution in [-0.2, 0) is 33.3 Å². The van der Waals surface area contributed by atoms with Gasteiger partial charge < -0.3 is 24.1 Å². The van der Waals surface area contributed by atoms with E-state index in [4.69, 9.17) is 18.9 Å². The van der Waals surface area contributed by atoms with Gasteiger partial charge in [-0.3, -0.25) is 14.4 Å². The van der Waals surface area contributed by atoms with Crippen LogP contribution in [0.2, 0.25) is 18.1 Å². The molecule has 1 heterocycles. The monoisotopic (exact) mass is 445 g/mol. The molecular weight excluding hydrogens is 414 g/mol. The smallest absolute Gasteiger partial charge is 0.303 e. The molecule has 0 amide bonds. The summed E-state index contributed by atoms with van der Waals surface area (Å²) >= 11 is 0. The molecule has 0 bridgehead atoms. The maximum Gasteiger partial charge on any atom is 0.303 e. The lowest BCUT2D eigenvalue weighted by Crippen LogP contribution is -2.76. The van der Waals surface area contributed by atoms with Crippen molar-refractivity contribution in [1.29, 1.82) is 0 Å². The van der Waals surface area contributed by atoms with Crippen molar-refractivity contribution in [1.82, 2.24) is 0 Å². The first kappa shape index (κ1) is 25.9. The molecular formula is C18H31N3O8Si. The summed E-state index contributed by atoms with van der Waals surface area (Å²) in [4.78, 5) is 37.7. The average molecular weight is 446 g/mol. The van der Waals surface area contributed by atoms with Crippen molar-refractivity contribution in [2.24, 2.45) is 5.11 Å². The minimum absolute atomic E-state index is 0.370. The first-order chi connectivity index (χ1) is 13.6. The van der Waals surface area contributed by atoms with E-state index < -0.39 is 60.8 Å². The first-order valence-corrected chi connectivity index (χ1v) is 12.5. The number of hydrogen-bond acceptors (Lipinski definition) is 9. The van der Waals surface area contributed by atoms with Gasteiger partial charge in [0.05, 0.1) is 0 Å². The predicted octanol–water partition coefficient (Wildman–Crippen LogP) is 2.23. The third kappa shape index (κ3) is 5.31. The molecule has 0 aromatic rings. The lowest BCUT2D eigenvalue weighted by Gasteiger charge is -2.57. The highest BCUT2D eigenvalue weighted by atomic mass is 28.3. The summed E-state index contributed by atoms with van der Waals surface area (Å²) in [6.07, 6.45) is -3.78. The Morgan fingerprint density at radius 1 is 1.10 bits per heavy atom. The van der Waals surface area contributed by atoms with E-state index in [2.05, 4.69) is 10.0 Å². The van der Waals surface area contributed by atoms with Gasteiger partial charge >= 0.3 is 17.9 Å². The van der Waals surface area contributed by atoms with Crippen LogP contribution >= 0.6 is 0 Å². The largest absolute Gasteiger partial charge is 0.463 e. The molecule has 1 rings (SSSR count). The van der Waals surface area contributed by atoms with Gasteiger partial charge in [0.15, 0.2) is 17.6 Å². The van der Waals surface area contributed by atoms with Crippen LogP contribution in [0.25, 0.3) is 10.4 Å². The van der Waals surface area contributed by atoms with Gasteiger partial charge in [-0.2, -0.15) is 0 Å². The zero-order valence-electron chi connectivity index (χ0n) is 18.7. The summed E-state index contributed by atoms with van der Waals surface area (Å²) in [5.41, 5.74) is 7.14. The summed E-state index contributed by atoms with van der Waals surface area (Å²) in [6.45, 7) is 12.5. The fourth-order valence-corrected chi connectivity index (χ4v) is 5.70. The van der Waals surface area contributed by atoms with Crippen molar-refractivity contribution >= 4 is 26.0 Å². The number of esters is 3. The predicted molar refractivity (Wildman–Crippen MR) is 108 cm³/mol. The first-order valence-electron chi connectivity index (χ1n) is 9.50. The Labute approximate surface area is 176 Å². The Kier molecular flexibility index (Phi) is 8.06. The molecule has 0 aliphatic carbocycles. The van der Waals surface area contributed by atoms with E-state index in [0.717, 1.165) is 13.8 Å². The number of carbonyl (C=O) groups is 3. The highest BCUT2D eigenvalue weighted by Crippen LogP contribution is 2.49. The van der Waals surface area contributed by atoms with Gasteiger partial charge in [0.25, 0.3) is 0 Å². The van der Waals surface area contributed by atoms with Gasteiger partial charge in [-0.1, -0.05) is 39.0 Å². The van der Waals surface area contributed by atoms with Crippen molar-refractivity contribution in [2.75, 3.05) is 6.61 Å². The van der Waals surface area contributed by atoms with Crippen LogP contribution < -0.4 is 0 Å². The van der Waals surface area contributed by atoms with Gasteiger partial charge in [0.1, 0.15) is 26.8 Å². The lowest BCUT2D eigenvalue weighted by atomic mass is 9.96. The molecule has 5 atom stereocenters. The molecule has 30 heavy (non-hydrogen) atoms. The molecule has 0 unspecified atom stereocenters. The fourth-order valence-electron chi connectivity index (χ4n) is 3.22. The van der Waals surface area contributed by atoms with Gasteiger partial charge in [-0.05, 0) is 10.6 Å². The third-order valence-electron chi connectivity index (χ3n) is 5.73. The Morgan fingerprint density at radius 2 is 1.60 bits per heavy atom. The molecule has 1 aliphatic rings. The molecule has 0 saturated carbocycles. The Morgan fingerprint density at radius 3 is 2.00 bits per heavy atom. The fraction of sp³-hybridized carbons (Fsp3) is 0.833. The van der Waals surface area contributed by atoms with Crippen molar-refractivity contribution in [3.8, 4) is 0 Å². The summed E-state index contributed by atoms with van der Waals surface area (Å²) in [5.74, 6) is -2.07. The number of carbonyl (C=O) groups excluding carboxylic acids is 3. The molecule has 11 nitrogen and oxygen atoms in total. The summed E-state index contributed by atoms with van der Waals surface area (Å²) < 4.78 is 21.7. The summed E-state index contributed by atoms with van der Waals surface area (Å²) in [7, 11) is -2.89. The van der Waals surface area contributed by atoms with Crippen LogP contribution in [-0.4, -0.2) is 67.5 Å². The molecule has 0 spiro atoms. The van der Waals surface area contributed by atoms with Crippen LogP contribution in [0.4, 0.5) is 0 Å². The highest BCUT2D eigenvalue weighted by molar-refractivity contribution is 6.82. The molecule has 1 aliphatic heterocycles. The number of aliphatic hydroxyl groups is 1. The van der Waals surface area contributed by atoms with Gasteiger partial charge in [0.2, 0.25) is 0 Å². The molecule has 0 aromatic carbocycles. The van der Waals surface area contributed by atoms with E-state index in [1.54, 1.807) is 0 Å². The van der Waals surface area contributed by atoms with Gasteiger partial charge in [0, 0.05) is 25.7 Å². The van der Waals surface area contributed by atoms with E-state index in [-0.39, 0.29) is 6.61 Å². The lowest BCUT2D eigenvalue weighted by molar-refractivity contribution is -0.286. The number of ether oxygens (including phenoxy) is 4.